The molecule has 2 rings (SSSR count). The number of hydrazine groups is 1. The number of amides is 2. The van der Waals surface area contributed by atoms with Crippen molar-refractivity contribution < 1.29 is 19.1 Å². The van der Waals surface area contributed by atoms with Crippen molar-refractivity contribution in [2.75, 3.05) is 13.2 Å². The van der Waals surface area contributed by atoms with E-state index in [-0.39, 0.29) is 12.5 Å². The molecule has 2 aromatic carbocycles. The Labute approximate surface area is 172 Å². The van der Waals surface area contributed by atoms with Gasteiger partial charge in [0.1, 0.15) is 11.5 Å². The highest BCUT2D eigenvalue weighted by Gasteiger charge is 2.12. The number of carbonyl (C=O) groups excluding carboxylic acids is 2. The van der Waals surface area contributed by atoms with Crippen molar-refractivity contribution in [1.29, 1.82) is 0 Å². The maximum absolute atomic E-state index is 12.3. The molecule has 0 aliphatic carbocycles. The van der Waals surface area contributed by atoms with Gasteiger partial charge in [-0.25, -0.2) is 0 Å². The first kappa shape index (κ1) is 22.3. The van der Waals surface area contributed by atoms with Crippen LogP contribution >= 0.6 is 0 Å². The molecule has 0 aromatic heterocycles. The Morgan fingerprint density at radius 2 is 1.72 bits per heavy atom. The number of benzene rings is 2. The van der Waals surface area contributed by atoms with E-state index in [1.807, 2.05) is 25.1 Å². The highest BCUT2D eigenvalue weighted by Crippen LogP contribution is 2.27. The van der Waals surface area contributed by atoms with Crippen LogP contribution in [-0.4, -0.2) is 25.0 Å². The van der Waals surface area contributed by atoms with E-state index in [1.54, 1.807) is 24.3 Å². The molecule has 6 nitrogen and oxygen atoms in total. The molecule has 0 atom stereocenters. The topological polar surface area (TPSA) is 76.7 Å². The smallest absolute Gasteiger partial charge is 0.276 e. The van der Waals surface area contributed by atoms with Gasteiger partial charge in [0.25, 0.3) is 11.8 Å². The van der Waals surface area contributed by atoms with Crippen molar-refractivity contribution in [3.05, 3.63) is 59.2 Å². The standard InChI is InChI=1S/C23H30N2O4/c1-15(2)13-28-19-8-6-7-18(12-19)23(27)25-24-22(26)14-29-21-11-17(5)9-10-20(21)16(3)4/h6-12,15-16H,13-14H2,1-5H3,(H,24,26)(H,25,27). The molecule has 2 N–H and O–H groups in total. The van der Waals surface area contributed by atoms with Gasteiger partial charge in [-0.3, -0.25) is 20.4 Å². The van der Waals surface area contributed by atoms with Crippen LogP contribution in [-0.2, 0) is 4.79 Å². The number of hydrogen-bond donors (Lipinski definition) is 2. The maximum atomic E-state index is 12.3. The fourth-order valence-electron chi connectivity index (χ4n) is 2.61. The molecule has 2 amide bonds. The molecule has 0 aliphatic heterocycles. The first-order chi connectivity index (χ1) is 13.8. The van der Waals surface area contributed by atoms with E-state index in [2.05, 4.69) is 38.5 Å². The molecule has 0 radical (unpaired) electrons. The van der Waals surface area contributed by atoms with Gasteiger partial charge >= 0.3 is 0 Å². The van der Waals surface area contributed by atoms with E-state index in [0.717, 1.165) is 11.1 Å². The largest absolute Gasteiger partial charge is 0.493 e. The second-order valence-corrected chi connectivity index (χ2v) is 7.72. The number of nitrogens with one attached hydrogen (secondary N) is 2. The molecule has 156 valence electrons. The van der Waals surface area contributed by atoms with Crippen LogP contribution in [0.5, 0.6) is 11.5 Å². The average molecular weight is 399 g/mol. The number of hydrogen-bond acceptors (Lipinski definition) is 4. The fraction of sp³-hybridized carbons (Fsp3) is 0.391. The van der Waals surface area contributed by atoms with Gasteiger partial charge in [0.2, 0.25) is 0 Å². The molecular weight excluding hydrogens is 368 g/mol. The van der Waals surface area contributed by atoms with Gasteiger partial charge in [0.05, 0.1) is 6.61 Å². The van der Waals surface area contributed by atoms with Crippen LogP contribution in [0.2, 0.25) is 0 Å². The number of aryl methyl sites for hydroxylation is 1. The molecule has 2 aromatic rings. The van der Waals surface area contributed by atoms with Gasteiger partial charge in [0, 0.05) is 5.56 Å². The summed E-state index contributed by atoms with van der Waals surface area (Å²) in [7, 11) is 0. The summed E-state index contributed by atoms with van der Waals surface area (Å²) in [6.45, 7) is 10.6. The third-order valence-corrected chi connectivity index (χ3v) is 4.14. The summed E-state index contributed by atoms with van der Waals surface area (Å²) in [5, 5.41) is 0. The molecule has 0 saturated carbocycles. The Kier molecular flexibility index (Phi) is 8.07. The summed E-state index contributed by atoms with van der Waals surface area (Å²) in [6, 6.07) is 12.7. The van der Waals surface area contributed by atoms with Crippen LogP contribution in [0, 0.1) is 12.8 Å². The first-order valence-electron chi connectivity index (χ1n) is 9.81. The van der Waals surface area contributed by atoms with E-state index < -0.39 is 11.8 Å². The first-order valence-corrected chi connectivity index (χ1v) is 9.81. The lowest BCUT2D eigenvalue weighted by molar-refractivity contribution is -0.123. The van der Waals surface area contributed by atoms with Gasteiger partial charge in [-0.1, -0.05) is 45.9 Å². The number of rotatable bonds is 8. The molecule has 0 fully saturated rings. The minimum absolute atomic E-state index is 0.193. The van der Waals surface area contributed by atoms with Crippen LogP contribution in [0.1, 0.15) is 55.1 Å². The van der Waals surface area contributed by atoms with E-state index in [4.69, 9.17) is 9.47 Å². The summed E-state index contributed by atoms with van der Waals surface area (Å²) in [6.07, 6.45) is 0. The predicted octanol–water partition coefficient (Wildman–Crippen LogP) is 3.99. The quantitative estimate of drug-likeness (QED) is 0.659. The van der Waals surface area contributed by atoms with Gasteiger partial charge in [-0.05, 0) is 54.2 Å². The minimum atomic E-state index is -0.443. The monoisotopic (exact) mass is 398 g/mol. The van der Waals surface area contributed by atoms with Crippen molar-refractivity contribution in [2.45, 2.75) is 40.5 Å². The van der Waals surface area contributed by atoms with Crippen molar-refractivity contribution in [3.8, 4) is 11.5 Å². The van der Waals surface area contributed by atoms with Crippen LogP contribution in [0.25, 0.3) is 0 Å². The molecule has 0 spiro atoms. The van der Waals surface area contributed by atoms with Crippen molar-refractivity contribution >= 4 is 11.8 Å². The number of ether oxygens (including phenoxy) is 2. The molecule has 29 heavy (non-hydrogen) atoms. The Morgan fingerprint density at radius 3 is 2.41 bits per heavy atom. The zero-order valence-corrected chi connectivity index (χ0v) is 17.7. The summed E-state index contributed by atoms with van der Waals surface area (Å²) in [5.41, 5.74) is 7.26. The third-order valence-electron chi connectivity index (χ3n) is 4.14. The highest BCUT2D eigenvalue weighted by molar-refractivity contribution is 5.95. The van der Waals surface area contributed by atoms with Crippen LogP contribution in [0.4, 0.5) is 0 Å². The average Bonchev–Trinajstić information content (AvgIpc) is 2.68. The van der Waals surface area contributed by atoms with Crippen LogP contribution in [0.3, 0.4) is 0 Å². The molecule has 0 aliphatic rings. The lowest BCUT2D eigenvalue weighted by Gasteiger charge is -2.15. The Hall–Kier alpha value is -3.02. The summed E-state index contributed by atoms with van der Waals surface area (Å²) in [4.78, 5) is 24.4. The highest BCUT2D eigenvalue weighted by atomic mass is 16.5. The van der Waals surface area contributed by atoms with Gasteiger partial charge in [0.15, 0.2) is 6.61 Å². The van der Waals surface area contributed by atoms with Crippen molar-refractivity contribution in [3.63, 3.8) is 0 Å². The minimum Gasteiger partial charge on any atom is -0.493 e. The van der Waals surface area contributed by atoms with Crippen LogP contribution in [0.15, 0.2) is 42.5 Å². The predicted molar refractivity (Wildman–Crippen MR) is 113 cm³/mol. The Morgan fingerprint density at radius 1 is 0.966 bits per heavy atom. The molecular formula is C23H30N2O4. The van der Waals surface area contributed by atoms with Crippen LogP contribution < -0.4 is 20.3 Å². The second-order valence-electron chi connectivity index (χ2n) is 7.72. The van der Waals surface area contributed by atoms with E-state index in [1.165, 1.54) is 0 Å². The molecule has 6 heteroatoms. The summed E-state index contributed by atoms with van der Waals surface area (Å²) >= 11 is 0. The molecule has 0 bridgehead atoms. The van der Waals surface area contributed by atoms with Crippen molar-refractivity contribution in [2.24, 2.45) is 5.92 Å². The third kappa shape index (κ3) is 7.14. The second kappa shape index (κ2) is 10.5. The summed E-state index contributed by atoms with van der Waals surface area (Å²) < 4.78 is 11.3. The molecule has 0 unspecified atom stereocenters. The zero-order valence-electron chi connectivity index (χ0n) is 17.7. The lowest BCUT2D eigenvalue weighted by atomic mass is 10.0. The maximum Gasteiger partial charge on any atom is 0.276 e. The molecule has 0 heterocycles. The van der Waals surface area contributed by atoms with Gasteiger partial charge < -0.3 is 9.47 Å². The zero-order chi connectivity index (χ0) is 21.4. The van der Waals surface area contributed by atoms with E-state index in [0.29, 0.717) is 29.6 Å². The number of carbonyl (C=O) groups is 2. The van der Waals surface area contributed by atoms with E-state index >= 15 is 0 Å². The van der Waals surface area contributed by atoms with E-state index in [9.17, 15) is 9.59 Å². The van der Waals surface area contributed by atoms with Gasteiger partial charge in [-0.15, -0.1) is 0 Å². The normalized spacial score (nSPS) is 10.7. The lowest BCUT2D eigenvalue weighted by Crippen LogP contribution is -2.43. The van der Waals surface area contributed by atoms with Gasteiger partial charge in [-0.2, -0.15) is 0 Å². The Bertz CT molecular complexity index is 847. The summed E-state index contributed by atoms with van der Waals surface area (Å²) in [5.74, 6) is 1.08. The SMILES string of the molecule is Cc1ccc(C(C)C)c(OCC(=O)NNC(=O)c2cccc(OCC(C)C)c2)c1. The Balaban J connectivity index is 1.87. The molecule has 0 saturated heterocycles. The van der Waals surface area contributed by atoms with Crippen molar-refractivity contribution in [1.82, 2.24) is 10.9 Å². The fourth-order valence-corrected chi connectivity index (χ4v) is 2.61.